The summed E-state index contributed by atoms with van der Waals surface area (Å²) in [5.74, 6) is 0. The summed E-state index contributed by atoms with van der Waals surface area (Å²) >= 11 is 0. The highest BCUT2D eigenvalue weighted by Gasteiger charge is 2.50. The summed E-state index contributed by atoms with van der Waals surface area (Å²) in [4.78, 5) is 15.7. The molecule has 0 fully saturated rings. The number of para-hydroxylation sites is 10. The minimum Gasteiger partial charge on any atom is -0.311 e. The summed E-state index contributed by atoms with van der Waals surface area (Å²) in [7, 11) is 0. The Labute approximate surface area is 748 Å². The molecule has 0 spiro atoms. The first-order valence-corrected chi connectivity index (χ1v) is 44.2. The molecule has 0 radical (unpaired) electrons. The van der Waals surface area contributed by atoms with Gasteiger partial charge in [0.05, 0.1) is 45.5 Å². The van der Waals surface area contributed by atoms with Gasteiger partial charge in [0.15, 0.2) is 0 Å². The molecule has 0 aromatic heterocycles. The number of benzene rings is 20. The van der Waals surface area contributed by atoms with Gasteiger partial charge >= 0.3 is 0 Å². The van der Waals surface area contributed by atoms with Crippen molar-refractivity contribution in [3.05, 3.63) is 497 Å². The Morgan fingerprint density at radius 3 is 0.828 bits per heavy atom. The van der Waals surface area contributed by atoms with Crippen LogP contribution in [0.15, 0.2) is 497 Å². The van der Waals surface area contributed by atoms with Crippen LogP contribution in [-0.2, 0) is 0 Å². The van der Waals surface area contributed by atoms with Gasteiger partial charge in [-0.25, -0.2) is 0 Å². The molecule has 0 N–H and O–H groups in total. The number of hydrogen-bond donors (Lipinski definition) is 0. The second-order valence-corrected chi connectivity index (χ2v) is 33.3. The third kappa shape index (κ3) is 12.7. The lowest BCUT2D eigenvalue weighted by Gasteiger charge is -2.48. The first-order chi connectivity index (χ1) is 63.6. The molecule has 4 aliphatic rings. The molecule has 0 amide bonds. The van der Waals surface area contributed by atoms with Gasteiger partial charge in [0.25, 0.3) is 13.4 Å². The Kier molecular flexibility index (Phi) is 18.7. The third-order valence-corrected chi connectivity index (χ3v) is 26.2. The topological polar surface area (TPSA) is 19.4 Å². The Balaban J connectivity index is 0.863. The van der Waals surface area contributed by atoms with E-state index in [1.54, 1.807) is 0 Å². The molecule has 0 saturated heterocycles. The van der Waals surface area contributed by atoms with Gasteiger partial charge in [0, 0.05) is 95.8 Å². The second kappa shape index (κ2) is 31.9. The number of hydrogen-bond acceptors (Lipinski definition) is 6. The maximum absolute atomic E-state index is 2.72. The van der Waals surface area contributed by atoms with E-state index in [9.17, 15) is 0 Å². The number of nitrogens with zero attached hydrogens (tertiary/aromatic N) is 6. The third-order valence-electron chi connectivity index (χ3n) is 26.2. The summed E-state index contributed by atoms with van der Waals surface area (Å²) in [6, 6.07) is 185. The van der Waals surface area contributed by atoms with Crippen molar-refractivity contribution in [3.8, 4) is 77.9 Å². The second-order valence-electron chi connectivity index (χ2n) is 33.3. The lowest BCUT2D eigenvalue weighted by molar-refractivity contribution is 1.21. The first-order valence-electron chi connectivity index (χ1n) is 44.2. The molecule has 0 saturated carbocycles. The Bertz CT molecular complexity index is 7460. The van der Waals surface area contributed by atoms with E-state index in [-0.39, 0.29) is 13.4 Å². The van der Waals surface area contributed by atoms with Crippen LogP contribution in [0.4, 0.5) is 102 Å². The van der Waals surface area contributed by atoms with Crippen LogP contribution in [0.5, 0.6) is 0 Å². The van der Waals surface area contributed by atoms with Gasteiger partial charge in [-0.15, -0.1) is 0 Å². The molecule has 0 unspecified atom stereocenters. The lowest BCUT2D eigenvalue weighted by Crippen LogP contribution is -2.65. The number of anilines is 18. The zero-order valence-electron chi connectivity index (χ0n) is 70.2. The maximum atomic E-state index is 2.72. The zero-order chi connectivity index (χ0) is 84.5. The van der Waals surface area contributed by atoms with E-state index in [2.05, 4.69) is 527 Å². The van der Waals surface area contributed by atoms with Crippen molar-refractivity contribution in [1.29, 1.82) is 0 Å². The van der Waals surface area contributed by atoms with E-state index in [1.165, 1.54) is 32.8 Å². The molecule has 4 aliphatic heterocycles. The molecule has 598 valence electrons. The van der Waals surface area contributed by atoms with Crippen LogP contribution in [-0.4, -0.2) is 13.4 Å². The van der Waals surface area contributed by atoms with E-state index >= 15 is 0 Å². The smallest absolute Gasteiger partial charge is 0.252 e. The molecule has 24 rings (SSSR count). The summed E-state index contributed by atoms with van der Waals surface area (Å²) in [5, 5.41) is 0. The van der Waals surface area contributed by atoms with E-state index in [0.29, 0.717) is 0 Å². The molecule has 20 aromatic carbocycles. The Hall–Kier alpha value is -16.7. The van der Waals surface area contributed by atoms with Crippen LogP contribution >= 0.6 is 0 Å². The van der Waals surface area contributed by atoms with Gasteiger partial charge in [-0.05, 0) is 169 Å². The number of rotatable bonds is 17. The average Bonchev–Trinajstić information content (AvgIpc) is 0.678. The van der Waals surface area contributed by atoms with Gasteiger partial charge in [-0.3, -0.25) is 0 Å². The van der Waals surface area contributed by atoms with Crippen molar-refractivity contribution in [2.24, 2.45) is 0 Å². The zero-order valence-corrected chi connectivity index (χ0v) is 70.2. The number of fused-ring (bicyclic) bond motifs is 8. The van der Waals surface area contributed by atoms with Crippen molar-refractivity contribution in [2.75, 3.05) is 29.4 Å². The van der Waals surface area contributed by atoms with Gasteiger partial charge in [0.1, 0.15) is 0 Å². The van der Waals surface area contributed by atoms with Crippen LogP contribution in [0.2, 0.25) is 0 Å². The molecule has 6 nitrogen and oxygen atoms in total. The monoisotopic (exact) mass is 1630 g/mol. The van der Waals surface area contributed by atoms with Crippen LogP contribution in [0.3, 0.4) is 0 Å². The summed E-state index contributed by atoms with van der Waals surface area (Å²) in [6.45, 7) is -0.685. The van der Waals surface area contributed by atoms with Crippen molar-refractivity contribution < 1.29 is 0 Å². The Morgan fingerprint density at radius 2 is 0.430 bits per heavy atom. The van der Waals surface area contributed by atoms with E-state index in [1.807, 2.05) is 0 Å². The fourth-order valence-electron chi connectivity index (χ4n) is 20.8. The van der Waals surface area contributed by atoms with Crippen molar-refractivity contribution in [2.45, 2.75) is 0 Å². The molecule has 4 heterocycles. The minimum absolute atomic E-state index is 0.335. The average molecular weight is 1630 g/mol. The van der Waals surface area contributed by atoms with Gasteiger partial charge < -0.3 is 29.4 Å². The van der Waals surface area contributed by atoms with Crippen LogP contribution in [0, 0.1) is 0 Å². The predicted octanol–water partition coefficient (Wildman–Crippen LogP) is 28.5. The molecule has 8 heteroatoms. The highest BCUT2D eigenvalue weighted by Crippen LogP contribution is 2.58. The normalized spacial score (nSPS) is 12.4. The summed E-state index contributed by atoms with van der Waals surface area (Å²) in [5.41, 5.74) is 41.7. The fraction of sp³-hybridized carbons (Fsp3) is 0. The molecular weight excluding hydrogens is 1550 g/mol. The molecule has 0 atom stereocenters. The minimum atomic E-state index is -0.350. The van der Waals surface area contributed by atoms with Crippen molar-refractivity contribution in [1.82, 2.24) is 0 Å². The van der Waals surface area contributed by atoms with Crippen LogP contribution in [0.1, 0.15) is 0 Å². The van der Waals surface area contributed by atoms with Crippen molar-refractivity contribution >= 4 is 149 Å². The molecule has 0 aliphatic carbocycles. The summed E-state index contributed by atoms with van der Waals surface area (Å²) in [6.07, 6.45) is 0. The predicted molar refractivity (Wildman–Crippen MR) is 542 cm³/mol. The van der Waals surface area contributed by atoms with Crippen LogP contribution in [0.25, 0.3) is 77.9 Å². The summed E-state index contributed by atoms with van der Waals surface area (Å²) < 4.78 is 0. The van der Waals surface area contributed by atoms with Gasteiger partial charge in [-0.2, -0.15) is 0 Å². The van der Waals surface area contributed by atoms with Gasteiger partial charge in [-0.1, -0.05) is 400 Å². The standard InChI is InChI=1S/C120H82B2N6/c1-10-43-83(44-11-1)94-61-28-35-70-105(94)123(90-57-24-8-25-58-90)92-77-115-119-117(78-92)128(120-99(88-53-20-6-21-54-88)66-42-67-100(120)89-55-22-7-23-56-89)113-82-112-103(81-104(113)122(119)102-69-34-41-76-111(102)126(115)108-73-38-31-64-97(108)86-49-16-4-17-50-86)121-101-68-33-40-75-110(101)127(109-74-39-32-65-98(109)87-51-18-5-19-52-87)116-80-93(79-114(118(116)121)124(112)91-59-26-9-27-60-91)125(106-71-36-29-62-95(106)84-45-12-2-13-46-84)107-72-37-30-63-96(107)85-47-14-3-15-48-85/h1-82H. The van der Waals surface area contributed by atoms with E-state index in [4.69, 9.17) is 0 Å². The SMILES string of the molecule is c1ccc(-c2ccccc2N(c2ccccc2)c2cc3c4c(c2)N(c2c(-c5ccccc5)cccc2-c2ccccc2)c2cc5c(cc2B4c2ccccc2N3c2ccccc2-c2ccccc2)B2c3ccccc3N(c3ccccc3-c3ccccc3)c3cc(N(c4ccccc4-c4ccccc4)c4ccccc4-c4ccccc4)cc(c32)N5c2ccccc2)cc1. The fourth-order valence-corrected chi connectivity index (χ4v) is 20.8. The molecular formula is C120H82B2N6. The quantitative estimate of drug-likeness (QED) is 0.0841. The van der Waals surface area contributed by atoms with Gasteiger partial charge in [0.2, 0.25) is 0 Å². The Morgan fingerprint density at radius 1 is 0.156 bits per heavy atom. The lowest BCUT2D eigenvalue weighted by atomic mass is 9.30. The molecule has 20 aromatic rings. The van der Waals surface area contributed by atoms with Crippen molar-refractivity contribution in [3.63, 3.8) is 0 Å². The molecule has 128 heavy (non-hydrogen) atoms. The van der Waals surface area contributed by atoms with Crippen LogP contribution < -0.4 is 62.2 Å². The van der Waals surface area contributed by atoms with E-state index in [0.717, 1.165) is 180 Å². The highest BCUT2D eigenvalue weighted by atomic mass is 15.2. The molecule has 0 bridgehead atoms. The van der Waals surface area contributed by atoms with E-state index < -0.39 is 0 Å². The maximum Gasteiger partial charge on any atom is 0.252 e. The largest absolute Gasteiger partial charge is 0.311 e. The highest BCUT2D eigenvalue weighted by molar-refractivity contribution is 7.03. The first kappa shape index (κ1) is 75.1.